The lowest BCUT2D eigenvalue weighted by Gasteiger charge is -2.14. The molecule has 0 bridgehead atoms. The molecule has 24 heavy (non-hydrogen) atoms. The second-order valence-corrected chi connectivity index (χ2v) is 6.92. The van der Waals surface area contributed by atoms with E-state index in [1.165, 1.54) is 22.2 Å². The van der Waals surface area contributed by atoms with Gasteiger partial charge in [0, 0.05) is 17.3 Å². The van der Waals surface area contributed by atoms with Gasteiger partial charge in [-0.1, -0.05) is 6.07 Å². The van der Waals surface area contributed by atoms with E-state index < -0.39 is 0 Å². The molecule has 1 amide bonds. The van der Waals surface area contributed by atoms with Gasteiger partial charge in [-0.15, -0.1) is 11.3 Å². The van der Waals surface area contributed by atoms with Crippen LogP contribution in [-0.2, 0) is 11.3 Å². The SMILES string of the molecule is Cc1sc2ncn(CC(=O)N[C@@H](C)c3cccnc3)c(=O)c2c1C. The minimum atomic E-state index is -0.237. The first kappa shape index (κ1) is 16.3. The average Bonchev–Trinajstić information content (AvgIpc) is 2.86. The fraction of sp³-hybridized carbons (Fsp3) is 0.294. The van der Waals surface area contributed by atoms with Gasteiger partial charge in [0.15, 0.2) is 0 Å². The summed E-state index contributed by atoms with van der Waals surface area (Å²) in [4.78, 5) is 35.0. The number of thiophene rings is 1. The Bertz CT molecular complexity index is 946. The van der Waals surface area contributed by atoms with Crippen molar-refractivity contribution >= 4 is 27.5 Å². The Hall–Kier alpha value is -2.54. The maximum Gasteiger partial charge on any atom is 0.262 e. The number of nitrogens with one attached hydrogen (secondary N) is 1. The number of rotatable bonds is 4. The molecule has 0 aromatic carbocycles. The summed E-state index contributed by atoms with van der Waals surface area (Å²) in [5.41, 5.74) is 1.67. The summed E-state index contributed by atoms with van der Waals surface area (Å²) in [5, 5.41) is 3.48. The number of amides is 1. The van der Waals surface area contributed by atoms with Crippen LogP contribution in [0.15, 0.2) is 35.6 Å². The van der Waals surface area contributed by atoms with Gasteiger partial charge in [-0.2, -0.15) is 0 Å². The summed E-state index contributed by atoms with van der Waals surface area (Å²) in [6.45, 7) is 5.70. The molecule has 1 atom stereocenters. The van der Waals surface area contributed by atoms with Crippen LogP contribution in [0.3, 0.4) is 0 Å². The second kappa shape index (κ2) is 6.52. The normalized spacial score (nSPS) is 12.3. The predicted octanol–water partition coefficient (Wildman–Crippen LogP) is 2.35. The average molecular weight is 342 g/mol. The molecule has 6 nitrogen and oxygen atoms in total. The van der Waals surface area contributed by atoms with Crippen LogP contribution >= 0.6 is 11.3 Å². The van der Waals surface area contributed by atoms with Gasteiger partial charge in [0.05, 0.1) is 17.8 Å². The molecule has 3 aromatic rings. The molecule has 0 spiro atoms. The van der Waals surface area contributed by atoms with Gasteiger partial charge in [0.1, 0.15) is 11.4 Å². The van der Waals surface area contributed by atoms with Crippen LogP contribution in [0.1, 0.15) is 29.0 Å². The number of fused-ring (bicyclic) bond motifs is 1. The van der Waals surface area contributed by atoms with E-state index in [0.29, 0.717) is 5.39 Å². The van der Waals surface area contributed by atoms with Crippen LogP contribution in [0.25, 0.3) is 10.2 Å². The number of nitrogens with zero attached hydrogens (tertiary/aromatic N) is 3. The predicted molar refractivity (Wildman–Crippen MR) is 94.1 cm³/mol. The van der Waals surface area contributed by atoms with Gasteiger partial charge in [-0.05, 0) is 38.0 Å². The van der Waals surface area contributed by atoms with Crippen molar-refractivity contribution in [3.63, 3.8) is 0 Å². The highest BCUT2D eigenvalue weighted by molar-refractivity contribution is 7.18. The van der Waals surface area contributed by atoms with Crippen LogP contribution in [0, 0.1) is 13.8 Å². The third-order valence-electron chi connectivity index (χ3n) is 4.03. The van der Waals surface area contributed by atoms with Gasteiger partial charge >= 0.3 is 0 Å². The topological polar surface area (TPSA) is 76.9 Å². The Morgan fingerprint density at radius 2 is 2.21 bits per heavy atom. The monoisotopic (exact) mass is 342 g/mol. The number of aryl methyl sites for hydroxylation is 2. The lowest BCUT2D eigenvalue weighted by atomic mass is 10.1. The maximum atomic E-state index is 12.6. The largest absolute Gasteiger partial charge is 0.348 e. The van der Waals surface area contributed by atoms with Crippen molar-refractivity contribution in [1.29, 1.82) is 0 Å². The molecule has 3 rings (SSSR count). The molecule has 0 saturated carbocycles. The summed E-state index contributed by atoms with van der Waals surface area (Å²) in [6, 6.07) is 3.54. The quantitative estimate of drug-likeness (QED) is 0.789. The Morgan fingerprint density at radius 1 is 1.42 bits per heavy atom. The summed E-state index contributed by atoms with van der Waals surface area (Å²) in [6.07, 6.45) is 4.83. The first-order valence-electron chi connectivity index (χ1n) is 7.62. The zero-order valence-electron chi connectivity index (χ0n) is 13.7. The minimum Gasteiger partial charge on any atom is -0.348 e. The molecule has 3 heterocycles. The van der Waals surface area contributed by atoms with E-state index in [9.17, 15) is 9.59 Å². The Morgan fingerprint density at radius 3 is 2.92 bits per heavy atom. The van der Waals surface area contributed by atoms with Crippen molar-refractivity contribution in [2.75, 3.05) is 0 Å². The number of hydrogen-bond acceptors (Lipinski definition) is 5. The maximum absolute atomic E-state index is 12.6. The van der Waals surface area contributed by atoms with Crippen molar-refractivity contribution in [2.24, 2.45) is 0 Å². The van der Waals surface area contributed by atoms with Crippen LogP contribution in [-0.4, -0.2) is 20.4 Å². The molecule has 0 radical (unpaired) electrons. The van der Waals surface area contributed by atoms with Gasteiger partial charge in [0.25, 0.3) is 5.56 Å². The van der Waals surface area contributed by atoms with E-state index in [1.54, 1.807) is 12.4 Å². The fourth-order valence-corrected chi connectivity index (χ4v) is 3.53. The van der Waals surface area contributed by atoms with Crippen LogP contribution < -0.4 is 10.9 Å². The summed E-state index contributed by atoms with van der Waals surface area (Å²) < 4.78 is 1.35. The number of pyridine rings is 1. The molecule has 0 aliphatic carbocycles. The first-order valence-corrected chi connectivity index (χ1v) is 8.43. The lowest BCUT2D eigenvalue weighted by molar-refractivity contribution is -0.122. The zero-order valence-corrected chi connectivity index (χ0v) is 14.6. The molecule has 3 aromatic heterocycles. The third kappa shape index (κ3) is 3.07. The highest BCUT2D eigenvalue weighted by atomic mass is 32.1. The smallest absolute Gasteiger partial charge is 0.262 e. The van der Waals surface area contributed by atoms with Gasteiger partial charge in [-0.25, -0.2) is 4.98 Å². The van der Waals surface area contributed by atoms with E-state index in [2.05, 4.69) is 15.3 Å². The van der Waals surface area contributed by atoms with Crippen LogP contribution in [0.4, 0.5) is 0 Å². The van der Waals surface area contributed by atoms with E-state index in [4.69, 9.17) is 0 Å². The molecular formula is C17H18N4O2S. The Kier molecular flexibility index (Phi) is 4.44. The van der Waals surface area contributed by atoms with Crippen molar-refractivity contribution in [1.82, 2.24) is 19.9 Å². The molecule has 7 heteroatoms. The van der Waals surface area contributed by atoms with Crippen LogP contribution in [0.5, 0.6) is 0 Å². The molecule has 0 unspecified atom stereocenters. The van der Waals surface area contributed by atoms with E-state index in [-0.39, 0.29) is 24.1 Å². The zero-order chi connectivity index (χ0) is 17.3. The molecule has 0 aliphatic rings. The Balaban J connectivity index is 1.80. The van der Waals surface area contributed by atoms with E-state index >= 15 is 0 Å². The standard InChI is InChI=1S/C17H18N4O2S/c1-10-12(3)24-16-15(10)17(23)21(9-19-16)8-14(22)20-11(2)13-5-4-6-18-7-13/h4-7,9,11H,8H2,1-3H3,(H,20,22)/t11-/m0/s1. The first-order chi connectivity index (χ1) is 11.5. The summed E-state index contributed by atoms with van der Waals surface area (Å²) in [5.74, 6) is -0.237. The minimum absolute atomic E-state index is 0.0549. The van der Waals surface area contributed by atoms with Crippen molar-refractivity contribution < 1.29 is 4.79 Å². The fourth-order valence-electron chi connectivity index (χ4n) is 2.54. The van der Waals surface area contributed by atoms with Gasteiger partial charge < -0.3 is 5.32 Å². The molecular weight excluding hydrogens is 324 g/mol. The van der Waals surface area contributed by atoms with E-state index in [0.717, 1.165) is 20.8 Å². The number of carbonyl (C=O) groups is 1. The number of aromatic nitrogens is 3. The van der Waals surface area contributed by atoms with Crippen molar-refractivity contribution in [3.8, 4) is 0 Å². The van der Waals surface area contributed by atoms with Crippen molar-refractivity contribution in [2.45, 2.75) is 33.4 Å². The second-order valence-electron chi connectivity index (χ2n) is 5.72. The summed E-state index contributed by atoms with van der Waals surface area (Å²) >= 11 is 1.50. The third-order valence-corrected chi connectivity index (χ3v) is 5.15. The molecule has 124 valence electrons. The highest BCUT2D eigenvalue weighted by Gasteiger charge is 2.15. The van der Waals surface area contributed by atoms with Gasteiger partial charge in [0.2, 0.25) is 5.91 Å². The molecule has 0 fully saturated rings. The molecule has 1 N–H and O–H groups in total. The number of hydrogen-bond donors (Lipinski definition) is 1. The summed E-state index contributed by atoms with van der Waals surface area (Å²) in [7, 11) is 0. The number of carbonyl (C=O) groups excluding carboxylic acids is 1. The van der Waals surface area contributed by atoms with Crippen LogP contribution in [0.2, 0.25) is 0 Å². The highest BCUT2D eigenvalue weighted by Crippen LogP contribution is 2.25. The molecule has 0 aliphatic heterocycles. The molecule has 0 saturated heterocycles. The van der Waals surface area contributed by atoms with Gasteiger partial charge in [-0.3, -0.25) is 19.1 Å². The van der Waals surface area contributed by atoms with E-state index in [1.807, 2.05) is 32.9 Å². The lowest BCUT2D eigenvalue weighted by Crippen LogP contribution is -2.34. The van der Waals surface area contributed by atoms with Crippen molar-refractivity contribution in [3.05, 3.63) is 57.2 Å². The Labute approximate surface area is 143 Å².